The monoisotopic (exact) mass is 329 g/mol. The van der Waals surface area contributed by atoms with Crippen LogP contribution in [0.3, 0.4) is 0 Å². The van der Waals surface area contributed by atoms with E-state index < -0.39 is 11.6 Å². The van der Waals surface area contributed by atoms with Crippen molar-refractivity contribution in [1.82, 2.24) is 10.2 Å². The quantitative estimate of drug-likeness (QED) is 0.929. The molecule has 1 aliphatic carbocycles. The van der Waals surface area contributed by atoms with Crippen LogP contribution in [-0.2, 0) is 0 Å². The molecule has 0 radical (unpaired) electrons. The molecule has 0 aliphatic heterocycles. The molecule has 1 aliphatic rings. The van der Waals surface area contributed by atoms with Crippen LogP contribution in [0.5, 0.6) is 5.75 Å². The van der Waals surface area contributed by atoms with E-state index in [0.717, 1.165) is 0 Å². The van der Waals surface area contributed by atoms with Gasteiger partial charge in [0.1, 0.15) is 16.5 Å². The second-order valence-corrected chi connectivity index (χ2v) is 5.10. The number of para-hydroxylation sites is 2. The van der Waals surface area contributed by atoms with Crippen LogP contribution in [0.15, 0.2) is 47.4 Å². The van der Waals surface area contributed by atoms with Crippen molar-refractivity contribution in [2.75, 3.05) is 11.9 Å². The molecule has 116 valence electrons. The highest BCUT2D eigenvalue weighted by molar-refractivity contribution is 6.50. The molecule has 7 heteroatoms. The van der Waals surface area contributed by atoms with Crippen LogP contribution in [-0.4, -0.2) is 28.4 Å². The summed E-state index contributed by atoms with van der Waals surface area (Å²) in [5, 5.41) is 10.0. The zero-order valence-corrected chi connectivity index (χ0v) is 12.9. The zero-order valence-electron chi connectivity index (χ0n) is 12.2. The Bertz CT molecular complexity index is 833. The lowest BCUT2D eigenvalue weighted by molar-refractivity contribution is 0.0981. The summed E-state index contributed by atoms with van der Waals surface area (Å²) in [4.78, 5) is 24.9. The normalized spacial score (nSPS) is 13.8. The van der Waals surface area contributed by atoms with Crippen molar-refractivity contribution in [3.8, 4) is 5.75 Å². The molecule has 3 rings (SSSR count). The second kappa shape index (κ2) is 6.18. The largest absolute Gasteiger partial charge is 0.492 e. The molecular weight excluding hydrogens is 318 g/mol. The van der Waals surface area contributed by atoms with Gasteiger partial charge in [-0.15, -0.1) is 0 Å². The van der Waals surface area contributed by atoms with Crippen LogP contribution >= 0.6 is 11.6 Å². The summed E-state index contributed by atoms with van der Waals surface area (Å²) >= 11 is 6.09. The number of hydrogen-bond acceptors (Lipinski definition) is 6. The minimum Gasteiger partial charge on any atom is -0.492 e. The van der Waals surface area contributed by atoms with Crippen LogP contribution in [0.1, 0.15) is 27.6 Å². The summed E-state index contributed by atoms with van der Waals surface area (Å²) in [5.74, 6) is -0.316. The number of carbonyl (C=O) groups is 2. The highest BCUT2D eigenvalue weighted by Crippen LogP contribution is 2.31. The summed E-state index contributed by atoms with van der Waals surface area (Å²) in [6.45, 7) is 2.32. The number of nitrogens with one attached hydrogen (secondary N) is 1. The fourth-order valence-electron chi connectivity index (χ4n) is 2.25. The van der Waals surface area contributed by atoms with Crippen molar-refractivity contribution in [3.63, 3.8) is 0 Å². The lowest BCUT2D eigenvalue weighted by Gasteiger charge is -2.19. The highest BCUT2D eigenvalue weighted by Gasteiger charge is 2.32. The third-order valence-corrected chi connectivity index (χ3v) is 3.67. The van der Waals surface area contributed by atoms with Crippen molar-refractivity contribution >= 4 is 28.9 Å². The van der Waals surface area contributed by atoms with Gasteiger partial charge in [0.05, 0.1) is 35.8 Å². The van der Waals surface area contributed by atoms with Crippen molar-refractivity contribution in [2.24, 2.45) is 0 Å². The summed E-state index contributed by atoms with van der Waals surface area (Å²) < 4.78 is 5.50. The van der Waals surface area contributed by atoms with Gasteiger partial charge in [0, 0.05) is 0 Å². The minimum absolute atomic E-state index is 0.00400. The van der Waals surface area contributed by atoms with Gasteiger partial charge in [-0.25, -0.2) is 0 Å². The summed E-state index contributed by atoms with van der Waals surface area (Å²) in [6, 6.07) is 7.09. The van der Waals surface area contributed by atoms with E-state index in [4.69, 9.17) is 16.3 Å². The molecule has 0 atom stereocenters. The maximum absolute atomic E-state index is 12.6. The van der Waals surface area contributed by atoms with Crippen molar-refractivity contribution in [1.29, 1.82) is 0 Å². The van der Waals surface area contributed by atoms with E-state index in [0.29, 0.717) is 18.0 Å². The predicted molar refractivity (Wildman–Crippen MR) is 84.8 cm³/mol. The first kappa shape index (κ1) is 15.2. The molecule has 1 aromatic heterocycles. The van der Waals surface area contributed by atoms with Gasteiger partial charge in [0.2, 0.25) is 11.6 Å². The average Bonchev–Trinajstić information content (AvgIpc) is 2.58. The third kappa shape index (κ3) is 2.68. The molecule has 0 amide bonds. The van der Waals surface area contributed by atoms with E-state index in [2.05, 4.69) is 15.5 Å². The number of carbonyl (C=O) groups excluding carboxylic acids is 2. The number of benzene rings is 1. The van der Waals surface area contributed by atoms with Gasteiger partial charge >= 0.3 is 0 Å². The van der Waals surface area contributed by atoms with Gasteiger partial charge in [-0.3, -0.25) is 9.59 Å². The van der Waals surface area contributed by atoms with E-state index in [1.807, 2.05) is 13.0 Å². The summed E-state index contributed by atoms with van der Waals surface area (Å²) in [6.07, 6.45) is 2.50. The number of nitrogens with zero attached hydrogens (tertiary/aromatic N) is 2. The third-order valence-electron chi connectivity index (χ3n) is 3.31. The molecule has 6 nitrogen and oxygen atoms in total. The second-order valence-electron chi connectivity index (χ2n) is 4.72. The fourth-order valence-corrected chi connectivity index (χ4v) is 2.48. The van der Waals surface area contributed by atoms with Crippen LogP contribution in [0, 0.1) is 0 Å². The first-order chi connectivity index (χ1) is 11.1. The first-order valence-corrected chi connectivity index (χ1v) is 7.30. The molecule has 1 N–H and O–H groups in total. The number of ether oxygens (including phenoxy) is 1. The van der Waals surface area contributed by atoms with Crippen molar-refractivity contribution in [2.45, 2.75) is 6.92 Å². The van der Waals surface area contributed by atoms with Gasteiger partial charge < -0.3 is 10.1 Å². The number of ketones is 2. The van der Waals surface area contributed by atoms with Crippen LogP contribution in [0.25, 0.3) is 0 Å². The van der Waals surface area contributed by atoms with Gasteiger partial charge in [0.15, 0.2) is 0 Å². The molecular formula is C16H12ClN3O3. The number of anilines is 1. The smallest absolute Gasteiger partial charge is 0.213 e. The molecule has 0 unspecified atom stereocenters. The lowest BCUT2D eigenvalue weighted by Crippen LogP contribution is -2.25. The van der Waals surface area contributed by atoms with Crippen molar-refractivity contribution in [3.05, 3.63) is 58.5 Å². The molecule has 2 aromatic rings. The van der Waals surface area contributed by atoms with Gasteiger partial charge in [-0.05, 0) is 19.1 Å². The average molecular weight is 330 g/mol. The van der Waals surface area contributed by atoms with Crippen LogP contribution < -0.4 is 10.1 Å². The standard InChI is InChI=1S/C16H12ClN3O3/c1-2-23-12-6-4-3-5-11(12)20-14-13(17)15(21)9-7-18-19-8-10(9)16(14)22/h3-8,20H,2H2,1H3. The Hall–Kier alpha value is -2.73. The van der Waals surface area contributed by atoms with Crippen LogP contribution in [0.2, 0.25) is 0 Å². The van der Waals surface area contributed by atoms with E-state index >= 15 is 0 Å². The molecule has 0 fully saturated rings. The molecule has 1 aromatic carbocycles. The Kier molecular flexibility index (Phi) is 4.08. The summed E-state index contributed by atoms with van der Waals surface area (Å²) in [5.41, 5.74) is 0.878. The maximum atomic E-state index is 12.6. The molecule has 23 heavy (non-hydrogen) atoms. The first-order valence-electron chi connectivity index (χ1n) is 6.92. The van der Waals surface area contributed by atoms with Gasteiger partial charge in [-0.2, -0.15) is 10.2 Å². The molecule has 1 heterocycles. The SMILES string of the molecule is CCOc1ccccc1NC1=C(Cl)C(=O)c2cnncc2C1=O. The lowest BCUT2D eigenvalue weighted by atomic mass is 9.95. The number of fused-ring (bicyclic) bond motifs is 1. The number of rotatable bonds is 4. The Morgan fingerprint density at radius 2 is 1.74 bits per heavy atom. The Morgan fingerprint density at radius 3 is 2.43 bits per heavy atom. The van der Waals surface area contributed by atoms with E-state index in [1.165, 1.54) is 12.4 Å². The topological polar surface area (TPSA) is 81.2 Å². The number of halogens is 1. The van der Waals surface area contributed by atoms with Gasteiger partial charge in [0.25, 0.3) is 0 Å². The maximum Gasteiger partial charge on any atom is 0.213 e. The Morgan fingerprint density at radius 1 is 1.09 bits per heavy atom. The van der Waals surface area contributed by atoms with Gasteiger partial charge in [-0.1, -0.05) is 23.7 Å². The number of aromatic nitrogens is 2. The fraction of sp³-hybridized carbons (Fsp3) is 0.125. The van der Waals surface area contributed by atoms with E-state index in [1.54, 1.807) is 18.2 Å². The predicted octanol–water partition coefficient (Wildman–Crippen LogP) is 2.82. The molecule has 0 saturated carbocycles. The zero-order chi connectivity index (χ0) is 16.4. The number of hydrogen-bond donors (Lipinski definition) is 1. The van der Waals surface area contributed by atoms with Crippen molar-refractivity contribution < 1.29 is 14.3 Å². The molecule has 0 saturated heterocycles. The Labute approximate surface area is 137 Å². The number of Topliss-reactive ketones (excluding diaryl/α,β-unsaturated/α-hetero) is 2. The minimum atomic E-state index is -0.465. The molecule has 0 spiro atoms. The van der Waals surface area contributed by atoms with E-state index in [9.17, 15) is 9.59 Å². The molecule has 0 bridgehead atoms. The Balaban J connectivity index is 2.02. The van der Waals surface area contributed by atoms with Crippen LogP contribution in [0.4, 0.5) is 5.69 Å². The highest BCUT2D eigenvalue weighted by atomic mass is 35.5. The number of allylic oxidation sites excluding steroid dienone is 2. The van der Waals surface area contributed by atoms with E-state index in [-0.39, 0.29) is 21.9 Å². The summed E-state index contributed by atoms with van der Waals surface area (Å²) in [7, 11) is 0.